The molecule has 0 aromatic carbocycles. The molecular weight excluding hydrogens is 204 g/mol. The second kappa shape index (κ2) is 6.86. The van der Waals surface area contributed by atoms with Gasteiger partial charge in [-0.1, -0.05) is 0 Å². The van der Waals surface area contributed by atoms with Crippen LogP contribution < -0.4 is 5.32 Å². The van der Waals surface area contributed by atoms with Crippen molar-refractivity contribution in [2.24, 2.45) is 0 Å². The maximum atomic E-state index is 11.5. The lowest BCUT2D eigenvalue weighted by Gasteiger charge is -2.21. The summed E-state index contributed by atoms with van der Waals surface area (Å²) in [6, 6.07) is 0.208. The molecule has 1 rings (SSSR count). The summed E-state index contributed by atoms with van der Waals surface area (Å²) in [5, 5.41) is 12.0. The first kappa shape index (κ1) is 13.5. The lowest BCUT2D eigenvalue weighted by molar-refractivity contribution is -0.122. The normalized spacial score (nSPS) is 20.7. The number of carbonyl (C=O) groups is 1. The van der Waals surface area contributed by atoms with Crippen LogP contribution in [-0.4, -0.2) is 47.7 Å². The molecule has 1 fully saturated rings. The predicted octanol–water partition coefficient (Wildman–Crippen LogP) is 0.748. The minimum atomic E-state index is -0.389. The highest BCUT2D eigenvalue weighted by Gasteiger charge is 2.15. The molecule has 0 aromatic rings. The first-order valence-electron chi connectivity index (χ1n) is 6.27. The standard InChI is InChI=1S/C12H24N2O2/c1-10(9-14-7-3-4-8-14)13-12(16)6-5-11(2)15/h10-11,15H,3-9H2,1-2H3,(H,13,16). The molecule has 4 nitrogen and oxygen atoms in total. The van der Waals surface area contributed by atoms with E-state index in [1.165, 1.54) is 12.8 Å². The van der Waals surface area contributed by atoms with Crippen LogP contribution in [0.15, 0.2) is 0 Å². The Morgan fingerprint density at radius 1 is 1.38 bits per heavy atom. The summed E-state index contributed by atoms with van der Waals surface area (Å²) in [7, 11) is 0. The Balaban J connectivity index is 2.12. The predicted molar refractivity (Wildman–Crippen MR) is 64.2 cm³/mol. The number of aliphatic hydroxyl groups is 1. The summed E-state index contributed by atoms with van der Waals surface area (Å²) in [4.78, 5) is 13.9. The monoisotopic (exact) mass is 228 g/mol. The third kappa shape index (κ3) is 5.47. The van der Waals surface area contributed by atoms with E-state index in [2.05, 4.69) is 10.2 Å². The third-order valence-corrected chi connectivity index (χ3v) is 2.93. The van der Waals surface area contributed by atoms with E-state index >= 15 is 0 Å². The molecule has 1 aliphatic heterocycles. The average molecular weight is 228 g/mol. The number of nitrogens with one attached hydrogen (secondary N) is 1. The summed E-state index contributed by atoms with van der Waals surface area (Å²) in [6.45, 7) is 7.02. The molecule has 0 saturated carbocycles. The highest BCUT2D eigenvalue weighted by atomic mass is 16.3. The van der Waals surface area contributed by atoms with Crippen LogP contribution in [0.3, 0.4) is 0 Å². The zero-order valence-electron chi connectivity index (χ0n) is 10.4. The van der Waals surface area contributed by atoms with Crippen molar-refractivity contribution in [2.45, 2.75) is 51.7 Å². The van der Waals surface area contributed by atoms with Gasteiger partial charge in [0.15, 0.2) is 0 Å². The fraction of sp³-hybridized carbons (Fsp3) is 0.917. The van der Waals surface area contributed by atoms with Crippen molar-refractivity contribution in [3.05, 3.63) is 0 Å². The van der Waals surface area contributed by atoms with Gasteiger partial charge in [-0.15, -0.1) is 0 Å². The van der Waals surface area contributed by atoms with Gasteiger partial charge in [0.25, 0.3) is 0 Å². The van der Waals surface area contributed by atoms with Crippen LogP contribution in [0.5, 0.6) is 0 Å². The maximum absolute atomic E-state index is 11.5. The van der Waals surface area contributed by atoms with E-state index in [4.69, 9.17) is 5.11 Å². The van der Waals surface area contributed by atoms with E-state index in [0.717, 1.165) is 19.6 Å². The van der Waals surface area contributed by atoms with Gasteiger partial charge >= 0.3 is 0 Å². The molecule has 1 heterocycles. The van der Waals surface area contributed by atoms with Gasteiger partial charge < -0.3 is 15.3 Å². The lowest BCUT2D eigenvalue weighted by Crippen LogP contribution is -2.41. The Morgan fingerprint density at radius 2 is 2.00 bits per heavy atom. The van der Waals surface area contributed by atoms with E-state index in [1.54, 1.807) is 6.92 Å². The molecule has 2 unspecified atom stereocenters. The van der Waals surface area contributed by atoms with E-state index in [0.29, 0.717) is 12.8 Å². The Labute approximate surface area is 98.0 Å². The highest BCUT2D eigenvalue weighted by molar-refractivity contribution is 5.76. The van der Waals surface area contributed by atoms with Gasteiger partial charge in [-0.3, -0.25) is 4.79 Å². The Morgan fingerprint density at radius 3 is 2.56 bits per heavy atom. The molecule has 1 aliphatic rings. The number of hydrogen-bond donors (Lipinski definition) is 2. The molecule has 1 saturated heterocycles. The quantitative estimate of drug-likeness (QED) is 0.705. The van der Waals surface area contributed by atoms with Crippen LogP contribution in [0.2, 0.25) is 0 Å². The van der Waals surface area contributed by atoms with Crippen LogP contribution >= 0.6 is 0 Å². The Kier molecular flexibility index (Phi) is 5.77. The third-order valence-electron chi connectivity index (χ3n) is 2.93. The van der Waals surface area contributed by atoms with Gasteiger partial charge in [0, 0.05) is 19.0 Å². The molecule has 0 aliphatic carbocycles. The van der Waals surface area contributed by atoms with Crippen LogP contribution in [0.1, 0.15) is 39.5 Å². The summed E-state index contributed by atoms with van der Waals surface area (Å²) in [6.07, 6.45) is 3.13. The largest absolute Gasteiger partial charge is 0.393 e. The van der Waals surface area contributed by atoms with Crippen LogP contribution in [0, 0.1) is 0 Å². The van der Waals surface area contributed by atoms with Gasteiger partial charge in [0.05, 0.1) is 6.10 Å². The van der Waals surface area contributed by atoms with Crippen molar-refractivity contribution in [1.82, 2.24) is 10.2 Å². The number of aliphatic hydroxyl groups excluding tert-OH is 1. The Bertz CT molecular complexity index is 213. The zero-order valence-corrected chi connectivity index (χ0v) is 10.4. The molecule has 2 atom stereocenters. The molecule has 0 spiro atoms. The number of amides is 1. The molecule has 0 bridgehead atoms. The van der Waals surface area contributed by atoms with Crippen molar-refractivity contribution < 1.29 is 9.90 Å². The minimum absolute atomic E-state index is 0.0487. The number of likely N-dealkylation sites (tertiary alicyclic amines) is 1. The van der Waals surface area contributed by atoms with Crippen molar-refractivity contribution in [2.75, 3.05) is 19.6 Å². The highest BCUT2D eigenvalue weighted by Crippen LogP contribution is 2.07. The second-order valence-corrected chi connectivity index (χ2v) is 4.86. The molecule has 1 amide bonds. The van der Waals surface area contributed by atoms with Gasteiger partial charge in [-0.2, -0.15) is 0 Å². The zero-order chi connectivity index (χ0) is 12.0. The van der Waals surface area contributed by atoms with Crippen molar-refractivity contribution in [3.63, 3.8) is 0 Å². The minimum Gasteiger partial charge on any atom is -0.393 e. The number of rotatable bonds is 6. The van der Waals surface area contributed by atoms with Crippen LogP contribution in [0.25, 0.3) is 0 Å². The molecule has 16 heavy (non-hydrogen) atoms. The van der Waals surface area contributed by atoms with E-state index in [9.17, 15) is 4.79 Å². The first-order chi connectivity index (χ1) is 7.58. The number of carbonyl (C=O) groups excluding carboxylic acids is 1. The van der Waals surface area contributed by atoms with Gasteiger partial charge in [0.1, 0.15) is 0 Å². The fourth-order valence-corrected chi connectivity index (χ4v) is 2.09. The lowest BCUT2D eigenvalue weighted by atomic mass is 10.2. The van der Waals surface area contributed by atoms with E-state index in [1.807, 2.05) is 6.92 Å². The smallest absolute Gasteiger partial charge is 0.220 e. The summed E-state index contributed by atoms with van der Waals surface area (Å²) in [5.41, 5.74) is 0. The van der Waals surface area contributed by atoms with Gasteiger partial charge in [-0.05, 0) is 46.2 Å². The van der Waals surface area contributed by atoms with E-state index in [-0.39, 0.29) is 18.1 Å². The molecule has 2 N–H and O–H groups in total. The summed E-state index contributed by atoms with van der Waals surface area (Å²) >= 11 is 0. The topological polar surface area (TPSA) is 52.6 Å². The van der Waals surface area contributed by atoms with Crippen molar-refractivity contribution in [1.29, 1.82) is 0 Å². The first-order valence-corrected chi connectivity index (χ1v) is 6.27. The molecule has 0 radical (unpaired) electrons. The number of nitrogens with zero attached hydrogens (tertiary/aromatic N) is 1. The molecular formula is C12H24N2O2. The second-order valence-electron chi connectivity index (χ2n) is 4.86. The summed E-state index contributed by atoms with van der Waals surface area (Å²) < 4.78 is 0. The van der Waals surface area contributed by atoms with E-state index < -0.39 is 0 Å². The summed E-state index contributed by atoms with van der Waals surface area (Å²) in [5.74, 6) is 0.0487. The van der Waals surface area contributed by atoms with Crippen LogP contribution in [0.4, 0.5) is 0 Å². The molecule has 0 aromatic heterocycles. The van der Waals surface area contributed by atoms with Crippen molar-refractivity contribution >= 4 is 5.91 Å². The van der Waals surface area contributed by atoms with Crippen LogP contribution in [-0.2, 0) is 4.79 Å². The SMILES string of the molecule is CC(O)CCC(=O)NC(C)CN1CCCC1. The average Bonchev–Trinajstić information content (AvgIpc) is 2.67. The Hall–Kier alpha value is -0.610. The van der Waals surface area contributed by atoms with Crippen molar-refractivity contribution in [3.8, 4) is 0 Å². The van der Waals surface area contributed by atoms with Gasteiger partial charge in [-0.25, -0.2) is 0 Å². The van der Waals surface area contributed by atoms with Gasteiger partial charge in [0.2, 0.25) is 5.91 Å². The fourth-order valence-electron chi connectivity index (χ4n) is 2.09. The number of hydrogen-bond acceptors (Lipinski definition) is 3. The maximum Gasteiger partial charge on any atom is 0.220 e. The molecule has 94 valence electrons. The molecule has 4 heteroatoms.